The van der Waals surface area contributed by atoms with E-state index in [1.54, 1.807) is 7.05 Å². The molecule has 6 nitrogen and oxygen atoms in total. The molecule has 0 amide bonds. The first-order valence-electron chi connectivity index (χ1n) is 8.67. The number of hydrogen-bond donors (Lipinski definition) is 2. The van der Waals surface area contributed by atoms with Crippen LogP contribution in [0, 0.1) is 0 Å². The molecule has 0 radical (unpaired) electrons. The van der Waals surface area contributed by atoms with Crippen LogP contribution in [0.25, 0.3) is 0 Å². The molecule has 7 heteroatoms. The Morgan fingerprint density at radius 3 is 2.56 bits per heavy atom. The quantitative estimate of drug-likeness (QED) is 0.408. The third-order valence-electron chi connectivity index (χ3n) is 4.26. The number of aliphatic imine (C=N–C) groups is 1. The van der Waals surface area contributed by atoms with Gasteiger partial charge < -0.3 is 20.1 Å². The zero-order chi connectivity index (χ0) is 18.1. The Labute approximate surface area is 159 Å². The number of benzene rings is 1. The predicted octanol–water partition coefficient (Wildman–Crippen LogP) is 2.10. The Balaban J connectivity index is 1.68. The SMILES string of the molecule is CN=C(NCCOc1ccc(Br)cc1)NCC(C)(C)N1CCOCC1. The molecule has 0 saturated carbocycles. The molecule has 140 valence electrons. The van der Waals surface area contributed by atoms with Crippen LogP contribution in [0.2, 0.25) is 0 Å². The molecule has 2 N–H and O–H groups in total. The number of halogens is 1. The van der Waals surface area contributed by atoms with Crippen LogP contribution >= 0.6 is 15.9 Å². The number of hydrogen-bond acceptors (Lipinski definition) is 4. The van der Waals surface area contributed by atoms with Crippen molar-refractivity contribution < 1.29 is 9.47 Å². The molecular weight excluding hydrogens is 384 g/mol. The van der Waals surface area contributed by atoms with E-state index in [1.807, 2.05) is 24.3 Å². The van der Waals surface area contributed by atoms with Crippen molar-refractivity contribution in [3.05, 3.63) is 28.7 Å². The lowest BCUT2D eigenvalue weighted by Gasteiger charge is -2.41. The first-order valence-corrected chi connectivity index (χ1v) is 9.46. The smallest absolute Gasteiger partial charge is 0.191 e. The van der Waals surface area contributed by atoms with E-state index in [2.05, 4.69) is 50.3 Å². The standard InChI is InChI=1S/C18H29BrN4O2/c1-18(2,23-9-12-24-13-10-23)14-22-17(20-3)21-8-11-25-16-6-4-15(19)5-7-16/h4-7H,8-14H2,1-3H3,(H2,20,21,22). The highest BCUT2D eigenvalue weighted by Crippen LogP contribution is 2.16. The summed E-state index contributed by atoms with van der Waals surface area (Å²) < 4.78 is 12.2. The van der Waals surface area contributed by atoms with Crippen molar-refractivity contribution in [1.82, 2.24) is 15.5 Å². The second-order valence-corrected chi connectivity index (χ2v) is 7.48. The molecular formula is C18H29BrN4O2. The predicted molar refractivity (Wildman–Crippen MR) is 105 cm³/mol. The topological polar surface area (TPSA) is 58.1 Å². The van der Waals surface area contributed by atoms with Gasteiger partial charge in [0.1, 0.15) is 12.4 Å². The fourth-order valence-electron chi connectivity index (χ4n) is 2.67. The van der Waals surface area contributed by atoms with E-state index >= 15 is 0 Å². The Bertz CT molecular complexity index is 543. The molecule has 1 heterocycles. The van der Waals surface area contributed by atoms with E-state index in [0.717, 1.165) is 49.0 Å². The minimum absolute atomic E-state index is 0.0509. The van der Waals surface area contributed by atoms with Gasteiger partial charge in [0.15, 0.2) is 5.96 Å². The average molecular weight is 413 g/mol. The fourth-order valence-corrected chi connectivity index (χ4v) is 2.93. The molecule has 0 spiro atoms. The zero-order valence-electron chi connectivity index (χ0n) is 15.3. The highest BCUT2D eigenvalue weighted by molar-refractivity contribution is 9.10. The number of ether oxygens (including phenoxy) is 2. The molecule has 0 aliphatic carbocycles. The van der Waals surface area contributed by atoms with Gasteiger partial charge in [-0.3, -0.25) is 9.89 Å². The summed E-state index contributed by atoms with van der Waals surface area (Å²) in [7, 11) is 1.78. The molecule has 1 aliphatic heterocycles. The van der Waals surface area contributed by atoms with Gasteiger partial charge in [0.25, 0.3) is 0 Å². The van der Waals surface area contributed by atoms with E-state index < -0.39 is 0 Å². The first-order chi connectivity index (χ1) is 12.0. The van der Waals surface area contributed by atoms with Gasteiger partial charge in [-0.1, -0.05) is 15.9 Å². The van der Waals surface area contributed by atoms with Crippen molar-refractivity contribution in [2.24, 2.45) is 4.99 Å². The minimum Gasteiger partial charge on any atom is -0.492 e. The maximum absolute atomic E-state index is 5.71. The highest BCUT2D eigenvalue weighted by atomic mass is 79.9. The van der Waals surface area contributed by atoms with Gasteiger partial charge in [-0.15, -0.1) is 0 Å². The lowest BCUT2D eigenvalue weighted by Crippen LogP contribution is -2.56. The van der Waals surface area contributed by atoms with Crippen molar-refractivity contribution in [2.45, 2.75) is 19.4 Å². The molecule has 1 saturated heterocycles. The molecule has 1 aromatic carbocycles. The van der Waals surface area contributed by atoms with Crippen LogP contribution in [0.5, 0.6) is 5.75 Å². The Morgan fingerprint density at radius 1 is 1.24 bits per heavy atom. The Kier molecular flexibility index (Phi) is 7.99. The molecule has 0 bridgehead atoms. The molecule has 2 rings (SSSR count). The van der Waals surface area contributed by atoms with E-state index in [4.69, 9.17) is 9.47 Å². The van der Waals surface area contributed by atoms with Crippen LogP contribution in [-0.4, -0.2) is 69.4 Å². The maximum Gasteiger partial charge on any atom is 0.191 e. The summed E-state index contributed by atoms with van der Waals surface area (Å²) in [6, 6.07) is 7.83. The molecule has 1 aromatic rings. The van der Waals surface area contributed by atoms with Gasteiger partial charge in [-0.2, -0.15) is 0 Å². The third-order valence-corrected chi connectivity index (χ3v) is 4.78. The summed E-state index contributed by atoms with van der Waals surface area (Å²) in [4.78, 5) is 6.73. The number of rotatable bonds is 7. The molecule has 0 unspecified atom stereocenters. The molecule has 25 heavy (non-hydrogen) atoms. The van der Waals surface area contributed by atoms with Gasteiger partial charge in [-0.05, 0) is 38.1 Å². The van der Waals surface area contributed by atoms with E-state index in [9.17, 15) is 0 Å². The van der Waals surface area contributed by atoms with Crippen molar-refractivity contribution in [1.29, 1.82) is 0 Å². The van der Waals surface area contributed by atoms with Crippen LogP contribution in [-0.2, 0) is 4.74 Å². The van der Waals surface area contributed by atoms with Crippen LogP contribution in [0.4, 0.5) is 0 Å². The van der Waals surface area contributed by atoms with Gasteiger partial charge in [0.05, 0.1) is 19.8 Å². The zero-order valence-corrected chi connectivity index (χ0v) is 16.9. The van der Waals surface area contributed by atoms with Crippen molar-refractivity contribution in [3.63, 3.8) is 0 Å². The van der Waals surface area contributed by atoms with Gasteiger partial charge in [0, 0.05) is 36.7 Å². The van der Waals surface area contributed by atoms with E-state index in [0.29, 0.717) is 13.2 Å². The molecule has 0 atom stereocenters. The van der Waals surface area contributed by atoms with Crippen LogP contribution < -0.4 is 15.4 Å². The van der Waals surface area contributed by atoms with Crippen LogP contribution in [0.1, 0.15) is 13.8 Å². The lowest BCUT2D eigenvalue weighted by molar-refractivity contribution is -0.00834. The highest BCUT2D eigenvalue weighted by Gasteiger charge is 2.28. The number of morpholine rings is 1. The number of guanidine groups is 1. The Hall–Kier alpha value is -1.31. The molecule has 1 aliphatic rings. The van der Waals surface area contributed by atoms with Gasteiger partial charge in [0.2, 0.25) is 0 Å². The fraction of sp³-hybridized carbons (Fsp3) is 0.611. The summed E-state index contributed by atoms with van der Waals surface area (Å²) >= 11 is 3.42. The normalized spacial score (nSPS) is 16.6. The Morgan fingerprint density at radius 2 is 1.92 bits per heavy atom. The van der Waals surface area contributed by atoms with Gasteiger partial charge >= 0.3 is 0 Å². The summed E-state index contributed by atoms with van der Waals surface area (Å²) in [5.41, 5.74) is 0.0509. The van der Waals surface area contributed by atoms with Crippen molar-refractivity contribution in [3.8, 4) is 5.75 Å². The van der Waals surface area contributed by atoms with Crippen LogP contribution in [0.15, 0.2) is 33.7 Å². The van der Waals surface area contributed by atoms with E-state index in [-0.39, 0.29) is 5.54 Å². The first kappa shape index (κ1) is 20.0. The van der Waals surface area contributed by atoms with Crippen molar-refractivity contribution >= 4 is 21.9 Å². The summed E-state index contributed by atoms with van der Waals surface area (Å²) in [5.74, 6) is 1.65. The number of nitrogens with zero attached hydrogens (tertiary/aromatic N) is 2. The van der Waals surface area contributed by atoms with Gasteiger partial charge in [-0.25, -0.2) is 0 Å². The second-order valence-electron chi connectivity index (χ2n) is 6.57. The lowest BCUT2D eigenvalue weighted by atomic mass is 10.0. The summed E-state index contributed by atoms with van der Waals surface area (Å²) in [6.45, 7) is 10.1. The second kappa shape index (κ2) is 9.99. The van der Waals surface area contributed by atoms with Crippen LogP contribution in [0.3, 0.4) is 0 Å². The monoisotopic (exact) mass is 412 g/mol. The third kappa shape index (κ3) is 6.84. The summed E-state index contributed by atoms with van der Waals surface area (Å²) in [5, 5.41) is 6.70. The number of nitrogens with one attached hydrogen (secondary N) is 2. The average Bonchev–Trinajstić information content (AvgIpc) is 2.63. The minimum atomic E-state index is 0.0509. The van der Waals surface area contributed by atoms with E-state index in [1.165, 1.54) is 0 Å². The maximum atomic E-state index is 5.71. The molecule has 1 fully saturated rings. The largest absolute Gasteiger partial charge is 0.492 e. The summed E-state index contributed by atoms with van der Waals surface area (Å²) in [6.07, 6.45) is 0. The molecule has 0 aromatic heterocycles. The van der Waals surface area contributed by atoms with Crippen molar-refractivity contribution in [2.75, 3.05) is 53.0 Å².